The van der Waals surface area contributed by atoms with Gasteiger partial charge in [0.15, 0.2) is 9.84 Å². The lowest BCUT2D eigenvalue weighted by atomic mass is 10.3. The van der Waals surface area contributed by atoms with Gasteiger partial charge in [0.05, 0.1) is 17.6 Å². The summed E-state index contributed by atoms with van der Waals surface area (Å²) in [5.41, 5.74) is 0.571. The van der Waals surface area contributed by atoms with E-state index in [1.807, 2.05) is 6.92 Å². The normalized spacial score (nSPS) is 19.7. The fraction of sp³-hybridized carbons (Fsp3) is 0.462. The van der Waals surface area contributed by atoms with Gasteiger partial charge < -0.3 is 15.0 Å². The second-order valence-electron chi connectivity index (χ2n) is 4.85. The minimum Gasteiger partial charge on any atom is -0.375 e. The van der Waals surface area contributed by atoms with E-state index in [4.69, 9.17) is 4.74 Å². The number of morpholine rings is 1. The van der Waals surface area contributed by atoms with Gasteiger partial charge in [0.2, 0.25) is 0 Å². The van der Waals surface area contributed by atoms with Crippen LogP contribution in [0.4, 0.5) is 10.5 Å². The molecule has 1 fully saturated rings. The van der Waals surface area contributed by atoms with Gasteiger partial charge in [-0.15, -0.1) is 0 Å². The summed E-state index contributed by atoms with van der Waals surface area (Å²) in [6.07, 6.45) is 1.18. The Morgan fingerprint density at radius 1 is 1.35 bits per heavy atom. The molecule has 2 rings (SSSR count). The molecule has 0 radical (unpaired) electrons. The molecule has 0 bridgehead atoms. The van der Waals surface area contributed by atoms with Crippen LogP contribution < -0.4 is 5.32 Å². The van der Waals surface area contributed by atoms with Crippen LogP contribution in [0, 0.1) is 0 Å². The Morgan fingerprint density at radius 2 is 2.00 bits per heavy atom. The molecule has 1 atom stereocenters. The van der Waals surface area contributed by atoms with Crippen LogP contribution in [0.2, 0.25) is 0 Å². The SMILES string of the molecule is CC1CN(C(=O)Nc2ccc(S(C)(=O)=O)cc2)CCO1. The Bertz CT molecular complexity index is 583. The van der Waals surface area contributed by atoms with E-state index >= 15 is 0 Å². The molecule has 1 heterocycles. The summed E-state index contributed by atoms with van der Waals surface area (Å²) in [7, 11) is -3.22. The maximum atomic E-state index is 12.0. The number of carbonyl (C=O) groups excluding carboxylic acids is 1. The predicted molar refractivity (Wildman–Crippen MR) is 75.6 cm³/mol. The number of benzene rings is 1. The molecule has 110 valence electrons. The molecule has 0 saturated carbocycles. The number of carbonyl (C=O) groups is 1. The second kappa shape index (κ2) is 5.80. The van der Waals surface area contributed by atoms with Crippen molar-refractivity contribution in [3.8, 4) is 0 Å². The third kappa shape index (κ3) is 3.71. The standard InChI is InChI=1S/C13H18N2O4S/c1-10-9-15(7-8-19-10)13(16)14-11-3-5-12(6-4-11)20(2,17)18/h3-6,10H,7-9H2,1-2H3,(H,14,16). The Kier molecular flexibility index (Phi) is 4.29. The van der Waals surface area contributed by atoms with Crippen molar-refractivity contribution in [2.24, 2.45) is 0 Å². The molecule has 1 unspecified atom stereocenters. The van der Waals surface area contributed by atoms with Crippen LogP contribution in [0.5, 0.6) is 0 Å². The van der Waals surface area contributed by atoms with Gasteiger partial charge in [-0.2, -0.15) is 0 Å². The first-order valence-electron chi connectivity index (χ1n) is 6.34. The van der Waals surface area contributed by atoms with Crippen LogP contribution in [0.25, 0.3) is 0 Å². The molecule has 2 amide bonds. The lowest BCUT2D eigenvalue weighted by Crippen LogP contribution is -2.46. The van der Waals surface area contributed by atoms with Crippen LogP contribution in [0.1, 0.15) is 6.92 Å². The number of hydrogen-bond acceptors (Lipinski definition) is 4. The molecule has 0 aromatic heterocycles. The molecule has 1 aromatic rings. The monoisotopic (exact) mass is 298 g/mol. The van der Waals surface area contributed by atoms with E-state index in [1.165, 1.54) is 12.1 Å². The Balaban J connectivity index is 2.01. The Hall–Kier alpha value is -1.60. The maximum absolute atomic E-state index is 12.0. The van der Waals surface area contributed by atoms with Crippen molar-refractivity contribution in [1.82, 2.24) is 4.90 Å². The highest BCUT2D eigenvalue weighted by Gasteiger charge is 2.21. The Morgan fingerprint density at radius 3 is 2.55 bits per heavy atom. The number of nitrogens with zero attached hydrogens (tertiary/aromatic N) is 1. The summed E-state index contributed by atoms with van der Waals surface area (Å²) in [5.74, 6) is 0. The molecule has 7 heteroatoms. The molecule has 1 saturated heterocycles. The first-order valence-corrected chi connectivity index (χ1v) is 8.23. The summed E-state index contributed by atoms with van der Waals surface area (Å²) < 4.78 is 28.1. The van der Waals surface area contributed by atoms with Crippen LogP contribution in [-0.2, 0) is 14.6 Å². The number of hydrogen-bond donors (Lipinski definition) is 1. The molecule has 1 aliphatic rings. The molecule has 0 spiro atoms. The lowest BCUT2D eigenvalue weighted by Gasteiger charge is -2.31. The summed E-state index contributed by atoms with van der Waals surface area (Å²) in [6, 6.07) is 5.92. The van der Waals surface area contributed by atoms with Crippen molar-refractivity contribution in [2.75, 3.05) is 31.3 Å². The minimum atomic E-state index is -3.22. The van der Waals surface area contributed by atoms with Crippen LogP contribution >= 0.6 is 0 Å². The minimum absolute atomic E-state index is 0.0297. The summed E-state index contributed by atoms with van der Waals surface area (Å²) >= 11 is 0. The fourth-order valence-electron chi connectivity index (χ4n) is 1.99. The number of rotatable bonds is 2. The highest BCUT2D eigenvalue weighted by Crippen LogP contribution is 2.15. The molecule has 1 N–H and O–H groups in total. The van der Waals surface area contributed by atoms with Gasteiger partial charge in [-0.25, -0.2) is 13.2 Å². The first-order chi connectivity index (χ1) is 9.36. The van der Waals surface area contributed by atoms with E-state index in [2.05, 4.69) is 5.32 Å². The van der Waals surface area contributed by atoms with Crippen molar-refractivity contribution < 1.29 is 17.9 Å². The van der Waals surface area contributed by atoms with Gasteiger partial charge >= 0.3 is 6.03 Å². The number of sulfone groups is 1. The molecular weight excluding hydrogens is 280 g/mol. The first kappa shape index (κ1) is 14.8. The molecule has 0 aliphatic carbocycles. The zero-order valence-corrected chi connectivity index (χ0v) is 12.3. The number of amides is 2. The van der Waals surface area contributed by atoms with Gasteiger partial charge in [0, 0.05) is 25.0 Å². The van der Waals surface area contributed by atoms with Gasteiger partial charge in [0.25, 0.3) is 0 Å². The van der Waals surface area contributed by atoms with Crippen molar-refractivity contribution in [3.05, 3.63) is 24.3 Å². The average molecular weight is 298 g/mol. The molecule has 20 heavy (non-hydrogen) atoms. The van der Waals surface area contributed by atoms with E-state index in [9.17, 15) is 13.2 Å². The average Bonchev–Trinajstić information content (AvgIpc) is 2.38. The Labute approximate surface area is 118 Å². The van der Waals surface area contributed by atoms with E-state index in [0.29, 0.717) is 25.4 Å². The zero-order chi connectivity index (χ0) is 14.8. The van der Waals surface area contributed by atoms with Gasteiger partial charge in [-0.3, -0.25) is 0 Å². The number of anilines is 1. The quantitative estimate of drug-likeness (QED) is 0.894. The third-order valence-corrected chi connectivity index (χ3v) is 4.19. The van der Waals surface area contributed by atoms with Crippen LogP contribution in [0.15, 0.2) is 29.2 Å². The predicted octanol–water partition coefficient (Wildman–Crippen LogP) is 1.34. The molecule has 1 aliphatic heterocycles. The van der Waals surface area contributed by atoms with Gasteiger partial charge in [0.1, 0.15) is 0 Å². The molecule has 6 nitrogen and oxygen atoms in total. The second-order valence-corrected chi connectivity index (χ2v) is 6.87. The maximum Gasteiger partial charge on any atom is 0.322 e. The topological polar surface area (TPSA) is 75.7 Å². The van der Waals surface area contributed by atoms with E-state index in [0.717, 1.165) is 6.26 Å². The highest BCUT2D eigenvalue weighted by atomic mass is 32.2. The largest absolute Gasteiger partial charge is 0.375 e. The molecular formula is C13H18N2O4S. The summed E-state index contributed by atoms with van der Waals surface area (Å²) in [4.78, 5) is 13.9. The summed E-state index contributed by atoms with van der Waals surface area (Å²) in [5, 5.41) is 2.75. The van der Waals surface area contributed by atoms with Crippen molar-refractivity contribution in [3.63, 3.8) is 0 Å². The number of urea groups is 1. The smallest absolute Gasteiger partial charge is 0.322 e. The van der Waals surface area contributed by atoms with E-state index in [1.54, 1.807) is 17.0 Å². The van der Waals surface area contributed by atoms with Crippen LogP contribution in [-0.4, -0.2) is 51.4 Å². The zero-order valence-electron chi connectivity index (χ0n) is 11.5. The lowest BCUT2D eigenvalue weighted by molar-refractivity contribution is -0.00138. The van der Waals surface area contributed by atoms with Crippen molar-refractivity contribution >= 4 is 21.6 Å². The van der Waals surface area contributed by atoms with Crippen molar-refractivity contribution in [2.45, 2.75) is 17.9 Å². The van der Waals surface area contributed by atoms with Gasteiger partial charge in [-0.05, 0) is 31.2 Å². The van der Waals surface area contributed by atoms with E-state index < -0.39 is 9.84 Å². The van der Waals surface area contributed by atoms with E-state index in [-0.39, 0.29) is 17.0 Å². The highest BCUT2D eigenvalue weighted by molar-refractivity contribution is 7.90. The summed E-state index contributed by atoms with van der Waals surface area (Å²) in [6.45, 7) is 3.55. The molecule has 1 aromatic carbocycles. The number of nitrogens with one attached hydrogen (secondary N) is 1. The fourth-order valence-corrected chi connectivity index (χ4v) is 2.62. The van der Waals surface area contributed by atoms with Crippen LogP contribution in [0.3, 0.4) is 0 Å². The number of ether oxygens (including phenoxy) is 1. The van der Waals surface area contributed by atoms with Gasteiger partial charge in [-0.1, -0.05) is 0 Å². The third-order valence-electron chi connectivity index (χ3n) is 3.06. The van der Waals surface area contributed by atoms with Crippen molar-refractivity contribution in [1.29, 1.82) is 0 Å².